The van der Waals surface area contributed by atoms with Crippen LogP contribution in [0.1, 0.15) is 0 Å². The molecule has 0 bridgehead atoms. The van der Waals surface area contributed by atoms with Crippen LogP contribution in [0, 0.1) is 0 Å². The van der Waals surface area contributed by atoms with Gasteiger partial charge in [0, 0.05) is 0 Å². The molecule has 0 spiro atoms. The fourth-order valence-electron chi connectivity index (χ4n) is 0.202. The molecule has 0 fully saturated rings. The molecule has 58 valence electrons. The van der Waals surface area contributed by atoms with E-state index in [0.29, 0.717) is 12.2 Å². The highest BCUT2D eigenvalue weighted by Gasteiger charge is 2.02. The number of rotatable bonds is 2. The van der Waals surface area contributed by atoms with E-state index in [0.717, 1.165) is 0 Å². The Bertz CT molecular complexity index is 138. The van der Waals surface area contributed by atoms with Crippen molar-refractivity contribution in [3.8, 4) is 0 Å². The lowest BCUT2D eigenvalue weighted by molar-refractivity contribution is 0.193. The van der Waals surface area contributed by atoms with E-state index in [1.54, 1.807) is 5.32 Å². The number of urea groups is 1. The zero-order valence-electron chi connectivity index (χ0n) is 5.08. The van der Waals surface area contributed by atoms with Gasteiger partial charge in [0.25, 0.3) is 0 Å². The zero-order valence-corrected chi connectivity index (χ0v) is 5.90. The summed E-state index contributed by atoms with van der Waals surface area (Å²) in [4.78, 5) is 20.1. The SMILES string of the molecule is COSNC(=O)NC(=O)O. The summed E-state index contributed by atoms with van der Waals surface area (Å²) >= 11 is 0.633. The van der Waals surface area contributed by atoms with Crippen molar-refractivity contribution in [1.82, 2.24) is 10.0 Å². The van der Waals surface area contributed by atoms with Gasteiger partial charge in [-0.2, -0.15) is 0 Å². The van der Waals surface area contributed by atoms with Crippen LogP contribution in [0.15, 0.2) is 0 Å². The topological polar surface area (TPSA) is 87.7 Å². The first-order valence-electron chi connectivity index (χ1n) is 2.16. The standard InChI is InChI=1S/C3H6N2O4S/c1-9-10-5-2(6)4-3(7)8/h1H3,(H,7,8)(H2,4,5,6). The van der Waals surface area contributed by atoms with Crippen LogP contribution >= 0.6 is 12.2 Å². The molecule has 0 aromatic heterocycles. The molecular weight excluding hydrogens is 160 g/mol. The number of hydrogen-bond donors (Lipinski definition) is 3. The monoisotopic (exact) mass is 166 g/mol. The number of nitrogens with one attached hydrogen (secondary N) is 2. The van der Waals surface area contributed by atoms with E-state index in [1.807, 2.05) is 4.72 Å². The minimum Gasteiger partial charge on any atom is -0.465 e. The van der Waals surface area contributed by atoms with E-state index < -0.39 is 12.1 Å². The molecule has 0 heterocycles. The maximum Gasteiger partial charge on any atom is 0.412 e. The third-order valence-corrected chi connectivity index (χ3v) is 0.874. The summed E-state index contributed by atoms with van der Waals surface area (Å²) < 4.78 is 6.37. The van der Waals surface area contributed by atoms with Gasteiger partial charge in [0.05, 0.1) is 7.11 Å². The predicted octanol–water partition coefficient (Wildman–Crippen LogP) is 0.173. The van der Waals surface area contributed by atoms with E-state index in [9.17, 15) is 9.59 Å². The lowest BCUT2D eigenvalue weighted by atomic mass is 11.0. The molecule has 0 aliphatic heterocycles. The Labute approximate surface area is 61.3 Å². The fraction of sp³-hybridized carbons (Fsp3) is 0.333. The molecule has 6 nitrogen and oxygen atoms in total. The van der Waals surface area contributed by atoms with Gasteiger partial charge in [0.15, 0.2) is 0 Å². The van der Waals surface area contributed by atoms with Gasteiger partial charge in [-0.1, -0.05) is 0 Å². The third kappa shape index (κ3) is 5.19. The molecule has 0 aromatic rings. The Kier molecular flexibility index (Phi) is 4.42. The summed E-state index contributed by atoms with van der Waals surface area (Å²) in [5, 5.41) is 9.50. The summed E-state index contributed by atoms with van der Waals surface area (Å²) in [6.45, 7) is 0. The predicted molar refractivity (Wildman–Crippen MR) is 34.3 cm³/mol. The van der Waals surface area contributed by atoms with Crippen molar-refractivity contribution < 1.29 is 18.9 Å². The molecule has 10 heavy (non-hydrogen) atoms. The Balaban J connectivity index is 3.35. The van der Waals surface area contributed by atoms with Gasteiger partial charge in [-0.3, -0.25) is 4.72 Å². The molecule has 0 aliphatic rings. The molecule has 0 rings (SSSR count). The van der Waals surface area contributed by atoms with Crippen molar-refractivity contribution in [3.05, 3.63) is 0 Å². The Hall–Kier alpha value is -0.950. The lowest BCUT2D eigenvalue weighted by Crippen LogP contribution is -2.35. The highest BCUT2D eigenvalue weighted by atomic mass is 32.2. The van der Waals surface area contributed by atoms with E-state index in [4.69, 9.17) is 5.11 Å². The Morgan fingerprint density at radius 2 is 2.20 bits per heavy atom. The van der Waals surface area contributed by atoms with Crippen LogP contribution in [0.25, 0.3) is 0 Å². The van der Waals surface area contributed by atoms with Gasteiger partial charge in [-0.05, 0) is 0 Å². The summed E-state index contributed by atoms with van der Waals surface area (Å²) in [7, 11) is 1.34. The van der Waals surface area contributed by atoms with Crippen molar-refractivity contribution in [1.29, 1.82) is 0 Å². The average Bonchev–Trinajstić information content (AvgIpc) is 1.82. The van der Waals surface area contributed by atoms with Crippen LogP contribution < -0.4 is 10.0 Å². The summed E-state index contributed by atoms with van der Waals surface area (Å²) in [5.41, 5.74) is 0. The van der Waals surface area contributed by atoms with E-state index in [-0.39, 0.29) is 0 Å². The zero-order chi connectivity index (χ0) is 7.98. The normalized spacial score (nSPS) is 8.50. The van der Waals surface area contributed by atoms with Crippen molar-refractivity contribution in [2.75, 3.05) is 7.11 Å². The second kappa shape index (κ2) is 4.89. The number of carboxylic acid groups (broad SMARTS) is 1. The minimum atomic E-state index is -1.41. The number of hydrogen-bond acceptors (Lipinski definition) is 4. The van der Waals surface area contributed by atoms with Crippen molar-refractivity contribution in [3.63, 3.8) is 0 Å². The van der Waals surface area contributed by atoms with Crippen LogP contribution in [0.3, 0.4) is 0 Å². The number of carbonyl (C=O) groups excluding carboxylic acids is 1. The van der Waals surface area contributed by atoms with E-state index >= 15 is 0 Å². The number of carbonyl (C=O) groups is 2. The second-order valence-electron chi connectivity index (χ2n) is 1.11. The Morgan fingerprint density at radius 3 is 2.60 bits per heavy atom. The number of amides is 3. The van der Waals surface area contributed by atoms with Crippen LogP contribution in [-0.4, -0.2) is 24.3 Å². The van der Waals surface area contributed by atoms with Crippen LogP contribution in [0.2, 0.25) is 0 Å². The molecule has 0 unspecified atom stereocenters. The first-order valence-corrected chi connectivity index (χ1v) is 2.90. The third-order valence-electron chi connectivity index (χ3n) is 0.438. The maximum atomic E-state index is 10.3. The van der Waals surface area contributed by atoms with Crippen LogP contribution in [-0.2, 0) is 4.18 Å². The molecule has 0 aliphatic carbocycles. The molecule has 0 radical (unpaired) electrons. The molecule has 3 N–H and O–H groups in total. The molecule has 7 heteroatoms. The van der Waals surface area contributed by atoms with Crippen LogP contribution in [0.5, 0.6) is 0 Å². The fourth-order valence-corrected chi connectivity index (χ4v) is 0.412. The van der Waals surface area contributed by atoms with Crippen molar-refractivity contribution in [2.45, 2.75) is 0 Å². The molecular formula is C3H6N2O4S. The maximum absolute atomic E-state index is 10.3. The lowest BCUT2D eigenvalue weighted by Gasteiger charge is -1.98. The van der Waals surface area contributed by atoms with Crippen molar-refractivity contribution >= 4 is 24.4 Å². The second-order valence-corrected chi connectivity index (χ2v) is 1.82. The van der Waals surface area contributed by atoms with Gasteiger partial charge in [0.1, 0.15) is 12.2 Å². The highest BCUT2D eigenvalue weighted by molar-refractivity contribution is 7.93. The van der Waals surface area contributed by atoms with Gasteiger partial charge in [0.2, 0.25) is 0 Å². The largest absolute Gasteiger partial charge is 0.465 e. The first kappa shape index (κ1) is 9.05. The minimum absolute atomic E-state index is 0.633. The van der Waals surface area contributed by atoms with Gasteiger partial charge in [-0.15, -0.1) is 0 Å². The van der Waals surface area contributed by atoms with Gasteiger partial charge < -0.3 is 9.29 Å². The molecule has 0 atom stereocenters. The van der Waals surface area contributed by atoms with Crippen molar-refractivity contribution in [2.24, 2.45) is 0 Å². The Morgan fingerprint density at radius 1 is 1.60 bits per heavy atom. The molecule has 3 amide bonds. The van der Waals surface area contributed by atoms with E-state index in [2.05, 4.69) is 4.18 Å². The van der Waals surface area contributed by atoms with Gasteiger partial charge in [-0.25, -0.2) is 14.9 Å². The molecule has 0 aromatic carbocycles. The van der Waals surface area contributed by atoms with Gasteiger partial charge >= 0.3 is 12.1 Å². The highest BCUT2D eigenvalue weighted by Crippen LogP contribution is 1.89. The van der Waals surface area contributed by atoms with Crippen LogP contribution in [0.4, 0.5) is 9.59 Å². The molecule has 0 saturated carbocycles. The van der Waals surface area contributed by atoms with E-state index in [1.165, 1.54) is 7.11 Å². The summed E-state index contributed by atoms with van der Waals surface area (Å²) in [6.07, 6.45) is -1.41. The quantitative estimate of drug-likeness (QED) is 0.402. The molecule has 0 saturated heterocycles. The first-order chi connectivity index (χ1) is 4.66. The average molecular weight is 166 g/mol. The summed E-state index contributed by atoms with van der Waals surface area (Å²) in [5.74, 6) is 0. The number of imide groups is 1. The smallest absolute Gasteiger partial charge is 0.412 e. The summed E-state index contributed by atoms with van der Waals surface area (Å²) in [6, 6.07) is -0.834.